The molecule has 176 valence electrons. The van der Waals surface area contributed by atoms with Crippen LogP contribution in [0.15, 0.2) is 66.9 Å². The van der Waals surface area contributed by atoms with Crippen molar-refractivity contribution in [2.45, 2.75) is 25.4 Å². The highest BCUT2D eigenvalue weighted by Crippen LogP contribution is 2.31. The van der Waals surface area contributed by atoms with Crippen molar-refractivity contribution >= 4 is 18.0 Å². The molecular weight excluding hydrogens is 454 g/mol. The topological polar surface area (TPSA) is 85.6 Å². The minimum Gasteiger partial charge on any atom is -0.367 e. The molecule has 0 bridgehead atoms. The molecule has 1 fully saturated rings. The number of hydrogen-bond acceptors (Lipinski definition) is 6. The van der Waals surface area contributed by atoms with Gasteiger partial charge in [0.15, 0.2) is 4.77 Å². The van der Waals surface area contributed by atoms with Gasteiger partial charge < -0.3 is 14.9 Å². The van der Waals surface area contributed by atoms with E-state index in [1.807, 2.05) is 41.9 Å². The molecule has 3 heterocycles. The van der Waals surface area contributed by atoms with E-state index < -0.39 is 0 Å². The van der Waals surface area contributed by atoms with Gasteiger partial charge in [0.25, 0.3) is 0 Å². The van der Waals surface area contributed by atoms with Crippen LogP contribution in [0.1, 0.15) is 24.2 Å². The zero-order chi connectivity index (χ0) is 24.2. The molecule has 0 atom stereocenters. The molecule has 0 amide bonds. The van der Waals surface area contributed by atoms with E-state index >= 15 is 0 Å². The van der Waals surface area contributed by atoms with Gasteiger partial charge in [-0.15, -0.1) is 0 Å². The van der Waals surface area contributed by atoms with Gasteiger partial charge in [0.05, 0.1) is 11.4 Å². The fourth-order valence-corrected chi connectivity index (χ4v) is 4.83. The first-order chi connectivity index (χ1) is 17.1. The third-order valence-corrected chi connectivity index (χ3v) is 6.88. The van der Waals surface area contributed by atoms with Crippen LogP contribution < -0.4 is 5.32 Å². The van der Waals surface area contributed by atoms with E-state index in [0.717, 1.165) is 60.8 Å². The van der Waals surface area contributed by atoms with Crippen molar-refractivity contribution in [2.75, 3.05) is 18.4 Å². The summed E-state index contributed by atoms with van der Waals surface area (Å²) in [5, 5.41) is 12.4. The number of rotatable bonds is 6. The molecular formula is C27H27N7S. The Morgan fingerprint density at radius 3 is 2.51 bits per heavy atom. The lowest BCUT2D eigenvalue weighted by Gasteiger charge is -2.32. The maximum atomic E-state index is 8.99. The third kappa shape index (κ3) is 5.16. The SMILES string of the molecule is Cn1c(-c2ccccc2)c(-c2ccc(CN3CCC(Nc4ccnc(C#N)n4)CC3)cc2)[nH]c1=S. The van der Waals surface area contributed by atoms with Crippen molar-refractivity contribution in [3.8, 4) is 28.6 Å². The lowest BCUT2D eigenvalue weighted by atomic mass is 10.0. The number of aromatic nitrogens is 4. The Morgan fingerprint density at radius 1 is 1.06 bits per heavy atom. The van der Waals surface area contributed by atoms with Gasteiger partial charge in [-0.1, -0.05) is 54.6 Å². The van der Waals surface area contributed by atoms with E-state index in [4.69, 9.17) is 17.5 Å². The van der Waals surface area contributed by atoms with E-state index in [2.05, 4.69) is 61.6 Å². The van der Waals surface area contributed by atoms with Crippen molar-refractivity contribution in [1.29, 1.82) is 5.26 Å². The Labute approximate surface area is 210 Å². The predicted octanol–water partition coefficient (Wildman–Crippen LogP) is 5.15. The number of nitriles is 1. The summed E-state index contributed by atoms with van der Waals surface area (Å²) in [7, 11) is 2.00. The molecule has 1 aliphatic heterocycles. The lowest BCUT2D eigenvalue weighted by molar-refractivity contribution is 0.211. The fraction of sp³-hybridized carbons (Fsp3) is 0.259. The van der Waals surface area contributed by atoms with E-state index in [1.54, 1.807) is 6.20 Å². The van der Waals surface area contributed by atoms with Gasteiger partial charge in [-0.25, -0.2) is 9.97 Å². The Morgan fingerprint density at radius 2 is 1.80 bits per heavy atom. The van der Waals surface area contributed by atoms with Gasteiger partial charge in [0.1, 0.15) is 11.9 Å². The van der Waals surface area contributed by atoms with Crippen molar-refractivity contribution in [1.82, 2.24) is 24.4 Å². The number of anilines is 1. The van der Waals surface area contributed by atoms with Crippen LogP contribution in [0.5, 0.6) is 0 Å². The van der Waals surface area contributed by atoms with E-state index in [1.165, 1.54) is 5.56 Å². The van der Waals surface area contributed by atoms with Gasteiger partial charge in [-0.3, -0.25) is 4.90 Å². The number of hydrogen-bond donors (Lipinski definition) is 2. The van der Waals surface area contributed by atoms with E-state index in [-0.39, 0.29) is 5.82 Å². The number of benzene rings is 2. The zero-order valence-corrected chi connectivity index (χ0v) is 20.4. The summed E-state index contributed by atoms with van der Waals surface area (Å²) in [5.74, 6) is 0.921. The number of aromatic amines is 1. The van der Waals surface area contributed by atoms with Crippen LogP contribution in [0.2, 0.25) is 0 Å². The minimum absolute atomic E-state index is 0.198. The molecule has 4 aromatic rings. The number of imidazole rings is 1. The lowest BCUT2D eigenvalue weighted by Crippen LogP contribution is -2.38. The van der Waals surface area contributed by atoms with Crippen LogP contribution in [-0.2, 0) is 13.6 Å². The quantitative estimate of drug-likeness (QED) is 0.370. The summed E-state index contributed by atoms with van der Waals surface area (Å²) in [6.07, 6.45) is 3.69. The van der Waals surface area contributed by atoms with Crippen LogP contribution in [0, 0.1) is 16.1 Å². The first kappa shape index (κ1) is 23.0. The number of piperidine rings is 1. The van der Waals surface area contributed by atoms with Crippen LogP contribution in [0.3, 0.4) is 0 Å². The van der Waals surface area contributed by atoms with E-state index in [0.29, 0.717) is 10.8 Å². The molecule has 2 aromatic carbocycles. The summed E-state index contributed by atoms with van der Waals surface area (Å²) >= 11 is 5.53. The van der Waals surface area contributed by atoms with Crippen molar-refractivity contribution in [2.24, 2.45) is 7.05 Å². The Hall–Kier alpha value is -3.80. The highest BCUT2D eigenvalue weighted by molar-refractivity contribution is 7.71. The van der Waals surface area contributed by atoms with Gasteiger partial charge in [0.2, 0.25) is 5.82 Å². The smallest absolute Gasteiger partial charge is 0.234 e. The number of nitrogens with zero attached hydrogens (tertiary/aromatic N) is 5. The summed E-state index contributed by atoms with van der Waals surface area (Å²) in [6, 6.07) is 23.3. The largest absolute Gasteiger partial charge is 0.367 e. The van der Waals surface area contributed by atoms with Crippen molar-refractivity contribution < 1.29 is 0 Å². The number of nitrogens with one attached hydrogen (secondary N) is 2. The average molecular weight is 482 g/mol. The summed E-state index contributed by atoms with van der Waals surface area (Å²) in [5.41, 5.74) is 5.72. The first-order valence-electron chi connectivity index (χ1n) is 11.8. The molecule has 2 N–H and O–H groups in total. The van der Waals surface area contributed by atoms with E-state index in [9.17, 15) is 0 Å². The van der Waals surface area contributed by atoms with Crippen molar-refractivity contribution in [3.05, 3.63) is 83.0 Å². The standard InChI is InChI=1S/C27H27N7S/c1-33-26(21-5-3-2-4-6-21)25(32-27(33)35)20-9-7-19(8-10-20)18-34-15-12-22(13-16-34)30-23-11-14-29-24(17-28)31-23/h2-11,14,22H,12-13,15-16,18H2,1H3,(H,32,35)(H,29,30,31). The minimum atomic E-state index is 0.198. The van der Waals surface area contributed by atoms with Crippen LogP contribution >= 0.6 is 12.2 Å². The Balaban J connectivity index is 1.22. The maximum Gasteiger partial charge on any atom is 0.234 e. The molecule has 7 nitrogen and oxygen atoms in total. The van der Waals surface area contributed by atoms with Gasteiger partial charge in [-0.2, -0.15) is 5.26 Å². The maximum absolute atomic E-state index is 8.99. The predicted molar refractivity (Wildman–Crippen MR) is 140 cm³/mol. The second kappa shape index (κ2) is 10.2. The van der Waals surface area contributed by atoms with Gasteiger partial charge in [0, 0.05) is 50.0 Å². The van der Waals surface area contributed by atoms with Gasteiger partial charge in [-0.05, 0) is 36.7 Å². The molecule has 0 aliphatic carbocycles. The Bertz CT molecular complexity index is 1390. The summed E-state index contributed by atoms with van der Waals surface area (Å²) in [6.45, 7) is 2.95. The monoisotopic (exact) mass is 481 g/mol. The molecule has 2 aromatic heterocycles. The summed E-state index contributed by atoms with van der Waals surface area (Å²) < 4.78 is 2.75. The molecule has 5 rings (SSSR count). The third-order valence-electron chi connectivity index (χ3n) is 6.50. The average Bonchev–Trinajstić information content (AvgIpc) is 3.20. The molecule has 1 aliphatic rings. The molecule has 1 saturated heterocycles. The second-order valence-electron chi connectivity index (χ2n) is 8.85. The van der Waals surface area contributed by atoms with Crippen LogP contribution in [0.4, 0.5) is 5.82 Å². The van der Waals surface area contributed by atoms with Gasteiger partial charge >= 0.3 is 0 Å². The number of likely N-dealkylation sites (tertiary alicyclic amines) is 1. The molecule has 0 spiro atoms. The second-order valence-corrected chi connectivity index (χ2v) is 9.23. The molecule has 0 unspecified atom stereocenters. The summed E-state index contributed by atoms with van der Waals surface area (Å²) in [4.78, 5) is 14.0. The highest BCUT2D eigenvalue weighted by Gasteiger charge is 2.20. The highest BCUT2D eigenvalue weighted by atomic mass is 32.1. The Kier molecular flexibility index (Phi) is 6.70. The molecule has 8 heteroatoms. The fourth-order valence-electron chi connectivity index (χ4n) is 4.63. The molecule has 35 heavy (non-hydrogen) atoms. The zero-order valence-electron chi connectivity index (χ0n) is 19.6. The molecule has 0 radical (unpaired) electrons. The van der Waals surface area contributed by atoms with Crippen molar-refractivity contribution in [3.63, 3.8) is 0 Å². The number of H-pyrrole nitrogens is 1. The normalized spacial score (nSPS) is 14.5. The van der Waals surface area contributed by atoms with Crippen LogP contribution in [-0.4, -0.2) is 43.6 Å². The first-order valence-corrected chi connectivity index (χ1v) is 12.2. The van der Waals surface area contributed by atoms with Crippen LogP contribution in [0.25, 0.3) is 22.5 Å². The molecule has 0 saturated carbocycles.